The Labute approximate surface area is 149 Å². The molecule has 0 spiro atoms. The summed E-state index contributed by atoms with van der Waals surface area (Å²) in [5, 5.41) is 3.48. The van der Waals surface area contributed by atoms with E-state index in [1.165, 1.54) is 0 Å². The van der Waals surface area contributed by atoms with Crippen LogP contribution in [0, 0.1) is 0 Å². The predicted octanol–water partition coefficient (Wildman–Crippen LogP) is 2.27. The van der Waals surface area contributed by atoms with E-state index >= 15 is 0 Å². The molecule has 0 saturated carbocycles. The lowest BCUT2D eigenvalue weighted by atomic mass is 10.2. The fourth-order valence-electron chi connectivity index (χ4n) is 3.22. The second-order valence-corrected chi connectivity index (χ2v) is 6.77. The van der Waals surface area contributed by atoms with Crippen LogP contribution in [0.25, 0.3) is 5.65 Å². The molecule has 1 atom stereocenters. The number of hydrogen-bond donors (Lipinski definition) is 1. The SMILES string of the molecule is CCCNC(C)Cc1cn2cccc(OCC(=O)N3CCCC3)c2n1. The predicted molar refractivity (Wildman–Crippen MR) is 98.0 cm³/mol. The van der Waals surface area contributed by atoms with Crippen LogP contribution < -0.4 is 10.1 Å². The van der Waals surface area contributed by atoms with E-state index in [1.807, 2.05) is 33.8 Å². The van der Waals surface area contributed by atoms with E-state index in [2.05, 4.69) is 19.2 Å². The van der Waals surface area contributed by atoms with Crippen LogP contribution in [0.1, 0.15) is 38.8 Å². The maximum Gasteiger partial charge on any atom is 0.260 e. The lowest BCUT2D eigenvalue weighted by Crippen LogP contribution is -2.32. The zero-order valence-electron chi connectivity index (χ0n) is 15.2. The Morgan fingerprint density at radius 1 is 1.40 bits per heavy atom. The molecule has 1 fully saturated rings. The minimum atomic E-state index is 0.0590. The molecule has 136 valence electrons. The van der Waals surface area contributed by atoms with Crippen LogP contribution in [0.5, 0.6) is 5.75 Å². The fourth-order valence-corrected chi connectivity index (χ4v) is 3.22. The number of ether oxygens (including phenoxy) is 1. The van der Waals surface area contributed by atoms with Crippen LogP contribution in [-0.2, 0) is 11.2 Å². The van der Waals surface area contributed by atoms with Crippen LogP contribution in [0.2, 0.25) is 0 Å². The van der Waals surface area contributed by atoms with Gasteiger partial charge in [0, 0.05) is 37.9 Å². The molecule has 3 heterocycles. The molecule has 1 saturated heterocycles. The van der Waals surface area contributed by atoms with Crippen molar-refractivity contribution in [2.24, 2.45) is 0 Å². The van der Waals surface area contributed by atoms with Gasteiger partial charge < -0.3 is 19.4 Å². The largest absolute Gasteiger partial charge is 0.480 e. The first kappa shape index (κ1) is 17.7. The minimum absolute atomic E-state index is 0.0590. The number of aromatic nitrogens is 2. The van der Waals surface area contributed by atoms with E-state index in [9.17, 15) is 4.79 Å². The maximum absolute atomic E-state index is 12.2. The highest BCUT2D eigenvalue weighted by atomic mass is 16.5. The number of amides is 1. The van der Waals surface area contributed by atoms with Crippen LogP contribution in [0.3, 0.4) is 0 Å². The second kappa shape index (κ2) is 8.34. The number of nitrogens with zero attached hydrogens (tertiary/aromatic N) is 3. The third-order valence-corrected chi connectivity index (χ3v) is 4.56. The molecule has 0 aliphatic carbocycles. The summed E-state index contributed by atoms with van der Waals surface area (Å²) >= 11 is 0. The zero-order valence-corrected chi connectivity index (χ0v) is 15.2. The van der Waals surface area contributed by atoms with Crippen molar-refractivity contribution in [1.29, 1.82) is 0 Å². The van der Waals surface area contributed by atoms with Gasteiger partial charge in [0.2, 0.25) is 0 Å². The molecule has 25 heavy (non-hydrogen) atoms. The summed E-state index contributed by atoms with van der Waals surface area (Å²) in [7, 11) is 0. The van der Waals surface area contributed by atoms with Crippen molar-refractivity contribution in [2.45, 2.75) is 45.6 Å². The van der Waals surface area contributed by atoms with Gasteiger partial charge >= 0.3 is 0 Å². The van der Waals surface area contributed by atoms with Gasteiger partial charge in [-0.3, -0.25) is 4.79 Å². The Morgan fingerprint density at radius 3 is 2.96 bits per heavy atom. The number of nitrogens with one attached hydrogen (secondary N) is 1. The van der Waals surface area contributed by atoms with Gasteiger partial charge in [-0.1, -0.05) is 6.92 Å². The van der Waals surface area contributed by atoms with Crippen molar-refractivity contribution in [3.63, 3.8) is 0 Å². The second-order valence-electron chi connectivity index (χ2n) is 6.77. The quantitative estimate of drug-likeness (QED) is 0.798. The number of fused-ring (bicyclic) bond motifs is 1. The fraction of sp³-hybridized carbons (Fsp3) is 0.579. The van der Waals surface area contributed by atoms with E-state index < -0.39 is 0 Å². The van der Waals surface area contributed by atoms with Crippen molar-refractivity contribution in [3.05, 3.63) is 30.2 Å². The summed E-state index contributed by atoms with van der Waals surface area (Å²) in [6.07, 6.45) is 8.18. The first-order valence-corrected chi connectivity index (χ1v) is 9.28. The van der Waals surface area contributed by atoms with Gasteiger partial charge in [-0.05, 0) is 44.9 Å². The normalized spacial score (nSPS) is 15.7. The number of likely N-dealkylation sites (tertiary alicyclic amines) is 1. The Bertz CT molecular complexity index is 707. The van der Waals surface area contributed by atoms with E-state index in [0.717, 1.165) is 56.7 Å². The van der Waals surface area contributed by atoms with Gasteiger partial charge in [0.1, 0.15) is 0 Å². The van der Waals surface area contributed by atoms with Crippen LogP contribution in [0.4, 0.5) is 0 Å². The van der Waals surface area contributed by atoms with Crippen molar-refractivity contribution < 1.29 is 9.53 Å². The number of imidazole rings is 1. The van der Waals surface area contributed by atoms with Crippen LogP contribution in [-0.4, -0.2) is 52.5 Å². The first-order chi connectivity index (χ1) is 12.2. The summed E-state index contributed by atoms with van der Waals surface area (Å²) in [6.45, 7) is 7.13. The topological polar surface area (TPSA) is 58.9 Å². The van der Waals surface area contributed by atoms with Crippen LogP contribution >= 0.6 is 0 Å². The van der Waals surface area contributed by atoms with E-state index in [-0.39, 0.29) is 12.5 Å². The molecule has 1 unspecified atom stereocenters. The summed E-state index contributed by atoms with van der Waals surface area (Å²) < 4.78 is 7.76. The standard InChI is InChI=1S/C19H28N4O2/c1-3-8-20-15(2)12-16-13-23-11-6-7-17(19(23)21-16)25-14-18(24)22-9-4-5-10-22/h6-7,11,13,15,20H,3-5,8-10,12,14H2,1-2H3. The van der Waals surface area contributed by atoms with Gasteiger partial charge in [0.25, 0.3) is 5.91 Å². The monoisotopic (exact) mass is 344 g/mol. The molecule has 0 aromatic carbocycles. The highest BCUT2D eigenvalue weighted by molar-refractivity contribution is 5.78. The van der Waals surface area contributed by atoms with Gasteiger partial charge in [0.15, 0.2) is 18.0 Å². The Hall–Kier alpha value is -2.08. The molecule has 1 amide bonds. The number of rotatable bonds is 8. The molecule has 3 rings (SSSR count). The number of hydrogen-bond acceptors (Lipinski definition) is 4. The summed E-state index contributed by atoms with van der Waals surface area (Å²) in [6, 6.07) is 4.18. The van der Waals surface area contributed by atoms with E-state index in [4.69, 9.17) is 9.72 Å². The number of pyridine rings is 1. The third kappa shape index (κ3) is 4.51. The molecular weight excluding hydrogens is 316 g/mol. The smallest absolute Gasteiger partial charge is 0.260 e. The van der Waals surface area contributed by atoms with Crippen molar-refractivity contribution >= 4 is 11.6 Å². The summed E-state index contributed by atoms with van der Waals surface area (Å²) in [5.74, 6) is 0.721. The Kier molecular flexibility index (Phi) is 5.91. The Morgan fingerprint density at radius 2 is 2.20 bits per heavy atom. The summed E-state index contributed by atoms with van der Waals surface area (Å²) in [4.78, 5) is 18.8. The average Bonchev–Trinajstić information content (AvgIpc) is 3.27. The third-order valence-electron chi connectivity index (χ3n) is 4.56. The van der Waals surface area contributed by atoms with Gasteiger partial charge in [-0.15, -0.1) is 0 Å². The van der Waals surface area contributed by atoms with E-state index in [0.29, 0.717) is 11.8 Å². The van der Waals surface area contributed by atoms with Gasteiger partial charge in [-0.2, -0.15) is 0 Å². The molecule has 2 aromatic rings. The minimum Gasteiger partial charge on any atom is -0.480 e. The number of carbonyl (C=O) groups excluding carboxylic acids is 1. The molecule has 0 bridgehead atoms. The molecule has 6 nitrogen and oxygen atoms in total. The van der Waals surface area contributed by atoms with Crippen molar-refractivity contribution in [2.75, 3.05) is 26.2 Å². The Balaban J connectivity index is 1.65. The molecule has 0 radical (unpaired) electrons. The number of carbonyl (C=O) groups is 1. The molecule has 2 aromatic heterocycles. The first-order valence-electron chi connectivity index (χ1n) is 9.28. The molecule has 1 aliphatic heterocycles. The molecule has 1 aliphatic rings. The summed E-state index contributed by atoms with van der Waals surface area (Å²) in [5.41, 5.74) is 1.80. The van der Waals surface area contributed by atoms with Gasteiger partial charge in [0.05, 0.1) is 5.69 Å². The zero-order chi connectivity index (χ0) is 17.6. The average molecular weight is 344 g/mol. The van der Waals surface area contributed by atoms with Crippen molar-refractivity contribution in [3.8, 4) is 5.75 Å². The lowest BCUT2D eigenvalue weighted by molar-refractivity contribution is -0.132. The molecule has 6 heteroatoms. The molecular formula is C19H28N4O2. The van der Waals surface area contributed by atoms with E-state index in [1.54, 1.807) is 0 Å². The van der Waals surface area contributed by atoms with Crippen molar-refractivity contribution in [1.82, 2.24) is 19.6 Å². The maximum atomic E-state index is 12.2. The van der Waals surface area contributed by atoms with Gasteiger partial charge in [-0.25, -0.2) is 4.98 Å². The van der Waals surface area contributed by atoms with Crippen LogP contribution in [0.15, 0.2) is 24.5 Å². The highest BCUT2D eigenvalue weighted by Crippen LogP contribution is 2.20. The molecule has 1 N–H and O–H groups in total. The lowest BCUT2D eigenvalue weighted by Gasteiger charge is -2.15. The highest BCUT2D eigenvalue weighted by Gasteiger charge is 2.19.